The molecule has 0 saturated carbocycles. The van der Waals surface area contributed by atoms with Crippen molar-refractivity contribution in [3.05, 3.63) is 41.2 Å². The van der Waals surface area contributed by atoms with Crippen LogP contribution in [0.5, 0.6) is 5.75 Å². The molecular formula is C15H12O4S2. The van der Waals surface area contributed by atoms with Crippen LogP contribution in [0.1, 0.15) is 15.4 Å². The molecule has 3 rings (SSSR count). The highest BCUT2D eigenvalue weighted by atomic mass is 32.2. The van der Waals surface area contributed by atoms with Crippen LogP contribution in [0.2, 0.25) is 0 Å². The molecule has 0 saturated heterocycles. The molecular weight excluding hydrogens is 308 g/mol. The molecule has 0 aliphatic heterocycles. The van der Waals surface area contributed by atoms with E-state index in [0.29, 0.717) is 10.6 Å². The van der Waals surface area contributed by atoms with Crippen LogP contribution in [0.25, 0.3) is 10.1 Å². The van der Waals surface area contributed by atoms with Gasteiger partial charge in [0.1, 0.15) is 16.4 Å². The summed E-state index contributed by atoms with van der Waals surface area (Å²) in [5.74, 6) is 0.570. The highest BCUT2D eigenvalue weighted by Gasteiger charge is 2.20. The van der Waals surface area contributed by atoms with Gasteiger partial charge < -0.3 is 14.3 Å². The second-order valence-electron chi connectivity index (χ2n) is 4.37. The number of methoxy groups -OCH3 is 1. The molecule has 0 amide bonds. The van der Waals surface area contributed by atoms with Gasteiger partial charge in [0.2, 0.25) is 0 Å². The lowest BCUT2D eigenvalue weighted by Gasteiger charge is -2.03. The minimum Gasteiger partial charge on any atom is -0.497 e. The number of aromatic carboxylic acids is 1. The first-order valence-electron chi connectivity index (χ1n) is 6.16. The van der Waals surface area contributed by atoms with Gasteiger partial charge in [-0.25, -0.2) is 4.79 Å². The molecule has 0 atom stereocenters. The molecule has 1 aromatic carbocycles. The van der Waals surface area contributed by atoms with Gasteiger partial charge in [-0.3, -0.25) is 0 Å². The number of benzene rings is 1. The lowest BCUT2D eigenvalue weighted by Crippen LogP contribution is -1.93. The second-order valence-corrected chi connectivity index (χ2v) is 6.48. The summed E-state index contributed by atoms with van der Waals surface area (Å²) in [5.41, 5.74) is 0. The molecule has 0 aliphatic rings. The number of hydrogen-bond donors (Lipinski definition) is 1. The molecule has 1 N–H and O–H groups in total. The average Bonchev–Trinajstić information content (AvgIpc) is 3.03. The zero-order valence-corrected chi connectivity index (χ0v) is 13.0. The van der Waals surface area contributed by atoms with Crippen molar-refractivity contribution in [2.75, 3.05) is 7.11 Å². The summed E-state index contributed by atoms with van der Waals surface area (Å²) in [6, 6.07) is 7.44. The minimum absolute atomic E-state index is 0.337. The van der Waals surface area contributed by atoms with Crippen LogP contribution in [0.15, 0.2) is 44.7 Å². The zero-order chi connectivity index (χ0) is 15.0. The summed E-state index contributed by atoms with van der Waals surface area (Å²) in [5, 5.41) is 10.3. The van der Waals surface area contributed by atoms with Gasteiger partial charge in [0.15, 0.2) is 0 Å². The van der Waals surface area contributed by atoms with E-state index in [1.807, 2.05) is 31.2 Å². The van der Waals surface area contributed by atoms with Gasteiger partial charge in [-0.15, -0.1) is 11.3 Å². The van der Waals surface area contributed by atoms with Gasteiger partial charge in [0.05, 0.1) is 18.3 Å². The van der Waals surface area contributed by atoms with E-state index in [2.05, 4.69) is 0 Å². The van der Waals surface area contributed by atoms with E-state index in [9.17, 15) is 9.90 Å². The standard InChI is InChI=1S/C15H12O4S2/c1-8-11(5-6-19-8)20-13-10-7-9(18-2)3-4-12(10)21-14(13)15(16)17/h3-7H,1-2H3,(H,16,17). The second kappa shape index (κ2) is 5.46. The fourth-order valence-corrected chi connectivity index (χ4v) is 4.24. The van der Waals surface area contributed by atoms with Crippen LogP contribution < -0.4 is 4.74 Å². The summed E-state index contributed by atoms with van der Waals surface area (Å²) in [7, 11) is 1.60. The zero-order valence-electron chi connectivity index (χ0n) is 11.4. The first kappa shape index (κ1) is 14.0. The maximum atomic E-state index is 11.5. The van der Waals surface area contributed by atoms with Gasteiger partial charge >= 0.3 is 5.97 Å². The van der Waals surface area contributed by atoms with Crippen molar-refractivity contribution in [2.24, 2.45) is 0 Å². The summed E-state index contributed by atoms with van der Waals surface area (Å²) >= 11 is 2.68. The van der Waals surface area contributed by atoms with Crippen LogP contribution in [-0.4, -0.2) is 18.2 Å². The van der Waals surface area contributed by atoms with E-state index in [-0.39, 0.29) is 0 Å². The number of fused-ring (bicyclic) bond motifs is 1. The topological polar surface area (TPSA) is 59.7 Å². The summed E-state index contributed by atoms with van der Waals surface area (Å²) in [6.45, 7) is 1.86. The van der Waals surface area contributed by atoms with E-state index < -0.39 is 5.97 Å². The van der Waals surface area contributed by atoms with E-state index in [4.69, 9.17) is 9.15 Å². The predicted octanol–water partition coefficient (Wildman–Crippen LogP) is 4.66. The number of carbonyl (C=O) groups is 1. The SMILES string of the molecule is COc1ccc2sc(C(=O)O)c(Sc3ccoc3C)c2c1. The summed E-state index contributed by atoms with van der Waals surface area (Å²) in [4.78, 5) is 13.5. The van der Waals surface area contributed by atoms with Crippen molar-refractivity contribution in [1.29, 1.82) is 0 Å². The van der Waals surface area contributed by atoms with Crippen LogP contribution in [-0.2, 0) is 0 Å². The Kier molecular flexibility index (Phi) is 3.65. The van der Waals surface area contributed by atoms with Gasteiger partial charge in [-0.1, -0.05) is 11.8 Å². The van der Waals surface area contributed by atoms with E-state index in [0.717, 1.165) is 25.6 Å². The van der Waals surface area contributed by atoms with Crippen molar-refractivity contribution < 1.29 is 19.1 Å². The maximum Gasteiger partial charge on any atom is 0.347 e. The molecule has 3 aromatic rings. The fourth-order valence-electron chi connectivity index (χ4n) is 2.01. The minimum atomic E-state index is -0.918. The molecule has 0 bridgehead atoms. The Balaban J connectivity index is 2.19. The van der Waals surface area contributed by atoms with E-state index >= 15 is 0 Å². The number of thiophene rings is 1. The fraction of sp³-hybridized carbons (Fsp3) is 0.133. The molecule has 0 unspecified atom stereocenters. The number of carboxylic acids is 1. The van der Waals surface area contributed by atoms with Crippen LogP contribution >= 0.6 is 23.1 Å². The molecule has 0 radical (unpaired) electrons. The number of carboxylic acid groups (broad SMARTS) is 1. The smallest absolute Gasteiger partial charge is 0.347 e. The monoisotopic (exact) mass is 320 g/mol. The van der Waals surface area contributed by atoms with Crippen molar-refractivity contribution in [2.45, 2.75) is 16.7 Å². The molecule has 0 spiro atoms. The third kappa shape index (κ3) is 2.52. The summed E-state index contributed by atoms with van der Waals surface area (Å²) < 4.78 is 11.4. The highest BCUT2D eigenvalue weighted by Crippen LogP contribution is 2.43. The van der Waals surface area contributed by atoms with Crippen molar-refractivity contribution in [3.63, 3.8) is 0 Å². The van der Waals surface area contributed by atoms with Crippen molar-refractivity contribution in [1.82, 2.24) is 0 Å². The number of furan rings is 1. The van der Waals surface area contributed by atoms with Gasteiger partial charge in [0.25, 0.3) is 0 Å². The van der Waals surface area contributed by atoms with Crippen molar-refractivity contribution in [3.8, 4) is 5.75 Å². The van der Waals surface area contributed by atoms with E-state index in [1.54, 1.807) is 13.4 Å². The Hall–Kier alpha value is -1.92. The third-order valence-corrected chi connectivity index (χ3v) is 5.63. The van der Waals surface area contributed by atoms with E-state index in [1.165, 1.54) is 23.1 Å². The lowest BCUT2D eigenvalue weighted by atomic mass is 10.2. The Labute approximate surface area is 129 Å². The first-order valence-corrected chi connectivity index (χ1v) is 7.79. The predicted molar refractivity (Wildman–Crippen MR) is 82.9 cm³/mol. The van der Waals surface area contributed by atoms with Crippen LogP contribution in [0.4, 0.5) is 0 Å². The lowest BCUT2D eigenvalue weighted by molar-refractivity contribution is 0.0699. The van der Waals surface area contributed by atoms with Gasteiger partial charge in [-0.2, -0.15) is 0 Å². The molecule has 4 nitrogen and oxygen atoms in total. The molecule has 21 heavy (non-hydrogen) atoms. The molecule has 2 aromatic heterocycles. The number of hydrogen-bond acceptors (Lipinski definition) is 5. The average molecular weight is 320 g/mol. The maximum absolute atomic E-state index is 11.5. The number of aryl methyl sites for hydroxylation is 1. The van der Waals surface area contributed by atoms with Crippen LogP contribution in [0.3, 0.4) is 0 Å². The van der Waals surface area contributed by atoms with Crippen LogP contribution in [0, 0.1) is 6.92 Å². The molecule has 2 heterocycles. The number of ether oxygens (including phenoxy) is 1. The quantitative estimate of drug-likeness (QED) is 0.757. The molecule has 0 aliphatic carbocycles. The molecule has 108 valence electrons. The Morgan fingerprint density at radius 3 is 2.81 bits per heavy atom. The normalized spacial score (nSPS) is 11.0. The Morgan fingerprint density at radius 1 is 1.38 bits per heavy atom. The Bertz CT molecular complexity index is 816. The number of rotatable bonds is 4. The summed E-state index contributed by atoms with van der Waals surface area (Å²) in [6.07, 6.45) is 1.60. The third-order valence-electron chi connectivity index (χ3n) is 3.07. The molecule has 6 heteroatoms. The first-order chi connectivity index (χ1) is 10.1. The highest BCUT2D eigenvalue weighted by molar-refractivity contribution is 7.99. The van der Waals surface area contributed by atoms with Gasteiger partial charge in [-0.05, 0) is 31.2 Å². The molecule has 0 fully saturated rings. The van der Waals surface area contributed by atoms with Crippen molar-refractivity contribution >= 4 is 39.2 Å². The largest absolute Gasteiger partial charge is 0.497 e. The Morgan fingerprint density at radius 2 is 2.19 bits per heavy atom. The van der Waals surface area contributed by atoms with Gasteiger partial charge in [0, 0.05) is 15.0 Å².